The first kappa shape index (κ1) is 21.4. The Hall–Kier alpha value is -4.56. The molecule has 39 heavy (non-hydrogen) atoms. The number of nitrogens with zero attached hydrogens (tertiary/aromatic N) is 2. The van der Waals surface area contributed by atoms with Crippen LogP contribution in [0.15, 0.2) is 133 Å². The molecule has 0 bridgehead atoms. The molecule has 0 aliphatic rings. The van der Waals surface area contributed by atoms with E-state index in [0.29, 0.717) is 14.5 Å². The molecule has 6 aromatic carbocycles. The molecular weight excluding hydrogens is 539 g/mol. The number of benzene rings is 6. The number of rotatable bonds is 2. The molecule has 2 nitrogen and oxygen atoms in total. The van der Waals surface area contributed by atoms with Gasteiger partial charge in [0.05, 0.1) is 0 Å². The molecule has 0 amide bonds. The third kappa shape index (κ3) is 2.92. The van der Waals surface area contributed by atoms with E-state index >= 15 is 0 Å². The van der Waals surface area contributed by atoms with Gasteiger partial charge < -0.3 is 0 Å². The van der Waals surface area contributed by atoms with Gasteiger partial charge in [-0.25, -0.2) is 0 Å². The quantitative estimate of drug-likeness (QED) is 0.186. The molecule has 0 aliphatic carbocycles. The SMILES string of the molecule is c1ccc(-n2c3ccccc3c3c4c5ccccc5n(-c5ccc6c(c5)[se]c5ccccc56)c4ccc32)cc1. The summed E-state index contributed by atoms with van der Waals surface area (Å²) in [7, 11) is 0. The van der Waals surface area contributed by atoms with Crippen molar-refractivity contribution < 1.29 is 0 Å². The Morgan fingerprint density at radius 1 is 0.359 bits per heavy atom. The molecule has 0 aliphatic heterocycles. The molecule has 3 aromatic heterocycles. The van der Waals surface area contributed by atoms with E-state index in [0.717, 1.165) is 0 Å². The van der Waals surface area contributed by atoms with Crippen LogP contribution in [0, 0.1) is 0 Å². The summed E-state index contributed by atoms with van der Waals surface area (Å²) in [6, 6.07) is 49.0. The zero-order valence-corrected chi connectivity index (χ0v) is 22.7. The van der Waals surface area contributed by atoms with Crippen molar-refractivity contribution in [2.45, 2.75) is 0 Å². The van der Waals surface area contributed by atoms with Gasteiger partial charge in [-0.15, -0.1) is 0 Å². The molecule has 0 radical (unpaired) electrons. The third-order valence-electron chi connectivity index (χ3n) is 8.11. The molecule has 0 fully saturated rings. The van der Waals surface area contributed by atoms with Crippen LogP contribution in [0.25, 0.3) is 74.3 Å². The predicted octanol–water partition coefficient (Wildman–Crippen LogP) is 9.24. The molecule has 0 spiro atoms. The van der Waals surface area contributed by atoms with E-state index < -0.39 is 0 Å². The van der Waals surface area contributed by atoms with Crippen molar-refractivity contribution >= 4 is 77.4 Å². The van der Waals surface area contributed by atoms with Crippen LogP contribution in [0.1, 0.15) is 0 Å². The summed E-state index contributed by atoms with van der Waals surface area (Å²) < 4.78 is 7.83. The fourth-order valence-electron chi connectivity index (χ4n) is 6.51. The molecule has 0 saturated heterocycles. The molecule has 0 saturated carbocycles. The van der Waals surface area contributed by atoms with Gasteiger partial charge in [0.2, 0.25) is 0 Å². The summed E-state index contributed by atoms with van der Waals surface area (Å²) in [6.45, 7) is 0. The summed E-state index contributed by atoms with van der Waals surface area (Å²) in [5, 5.41) is 8.02. The van der Waals surface area contributed by atoms with Crippen LogP contribution in [0.2, 0.25) is 0 Å². The van der Waals surface area contributed by atoms with E-state index in [1.807, 2.05) is 0 Å². The van der Waals surface area contributed by atoms with Crippen molar-refractivity contribution in [3.8, 4) is 11.4 Å². The third-order valence-corrected chi connectivity index (χ3v) is 10.5. The Kier molecular flexibility index (Phi) is 4.37. The summed E-state index contributed by atoms with van der Waals surface area (Å²) in [4.78, 5) is 0. The molecule has 0 N–H and O–H groups in total. The van der Waals surface area contributed by atoms with Crippen LogP contribution in [-0.2, 0) is 0 Å². The van der Waals surface area contributed by atoms with E-state index in [4.69, 9.17) is 0 Å². The van der Waals surface area contributed by atoms with Gasteiger partial charge in [0.15, 0.2) is 0 Å². The molecule has 9 aromatic rings. The van der Waals surface area contributed by atoms with Gasteiger partial charge in [-0.05, 0) is 0 Å². The zero-order chi connectivity index (χ0) is 25.5. The predicted molar refractivity (Wildman–Crippen MR) is 167 cm³/mol. The minimum atomic E-state index is 0.330. The van der Waals surface area contributed by atoms with Gasteiger partial charge in [-0.1, -0.05) is 6.07 Å². The van der Waals surface area contributed by atoms with Gasteiger partial charge in [0, 0.05) is 0 Å². The first-order valence-electron chi connectivity index (χ1n) is 13.3. The topological polar surface area (TPSA) is 9.86 Å². The number of hydrogen-bond donors (Lipinski definition) is 0. The average molecular weight is 562 g/mol. The van der Waals surface area contributed by atoms with Crippen LogP contribution in [-0.4, -0.2) is 23.6 Å². The average Bonchev–Trinajstić information content (AvgIpc) is 3.64. The number of fused-ring (bicyclic) bond motifs is 10. The van der Waals surface area contributed by atoms with Gasteiger partial charge in [-0.3, -0.25) is 0 Å². The molecule has 3 heterocycles. The second kappa shape index (κ2) is 7.97. The molecule has 0 unspecified atom stereocenters. The normalized spacial score (nSPS) is 12.1. The standard InChI is InChI=1S/C36H22N2Se/c1-2-10-23(11-3-1)37-29-15-7-4-13-27(29)35-31(37)20-21-32-36(35)28-14-5-8-16-30(28)38(32)24-18-19-26-25-12-6-9-17-33(25)39-34(26)22-24/h1-22H. The zero-order valence-electron chi connectivity index (χ0n) is 21.0. The van der Waals surface area contributed by atoms with Crippen LogP contribution in [0.3, 0.4) is 0 Å². The Bertz CT molecular complexity index is 2390. The maximum atomic E-state index is 2.47. The molecule has 182 valence electrons. The Labute approximate surface area is 230 Å². The van der Waals surface area contributed by atoms with Gasteiger partial charge in [-0.2, -0.15) is 0 Å². The number of para-hydroxylation sites is 3. The first-order chi connectivity index (χ1) is 19.4. The summed E-state index contributed by atoms with van der Waals surface area (Å²) in [6.07, 6.45) is 0. The van der Waals surface area contributed by atoms with Crippen LogP contribution in [0.5, 0.6) is 0 Å². The summed E-state index contributed by atoms with van der Waals surface area (Å²) >= 11 is 0.330. The van der Waals surface area contributed by atoms with E-state index in [1.54, 1.807) is 0 Å². The molecule has 9 rings (SSSR count). The number of aromatic nitrogens is 2. The Morgan fingerprint density at radius 3 is 1.59 bits per heavy atom. The van der Waals surface area contributed by atoms with E-state index in [1.165, 1.54) is 74.3 Å². The van der Waals surface area contributed by atoms with Crippen LogP contribution < -0.4 is 0 Å². The minimum absolute atomic E-state index is 0.330. The van der Waals surface area contributed by atoms with Crippen molar-refractivity contribution in [2.24, 2.45) is 0 Å². The van der Waals surface area contributed by atoms with Crippen molar-refractivity contribution in [2.75, 3.05) is 0 Å². The van der Waals surface area contributed by atoms with Gasteiger partial charge in [0.1, 0.15) is 0 Å². The van der Waals surface area contributed by atoms with Gasteiger partial charge in [0.25, 0.3) is 0 Å². The maximum absolute atomic E-state index is 2.47. The summed E-state index contributed by atoms with van der Waals surface area (Å²) in [5.41, 5.74) is 7.40. The van der Waals surface area contributed by atoms with E-state index in [-0.39, 0.29) is 0 Å². The van der Waals surface area contributed by atoms with Crippen LogP contribution >= 0.6 is 0 Å². The fourth-order valence-corrected chi connectivity index (χ4v) is 8.90. The second-order valence-corrected chi connectivity index (χ2v) is 12.4. The van der Waals surface area contributed by atoms with Crippen molar-refractivity contribution in [1.29, 1.82) is 0 Å². The molecule has 3 heteroatoms. The van der Waals surface area contributed by atoms with Crippen molar-refractivity contribution in [3.63, 3.8) is 0 Å². The second-order valence-electron chi connectivity index (χ2n) is 10.2. The number of hydrogen-bond acceptors (Lipinski definition) is 0. The first-order valence-corrected chi connectivity index (χ1v) is 15.0. The van der Waals surface area contributed by atoms with Gasteiger partial charge >= 0.3 is 225 Å². The monoisotopic (exact) mass is 562 g/mol. The summed E-state index contributed by atoms with van der Waals surface area (Å²) in [5.74, 6) is 0. The van der Waals surface area contributed by atoms with E-state index in [9.17, 15) is 0 Å². The Morgan fingerprint density at radius 2 is 0.897 bits per heavy atom. The van der Waals surface area contributed by atoms with Crippen molar-refractivity contribution in [1.82, 2.24) is 9.13 Å². The molecule has 0 atom stereocenters. The molecular formula is C36H22N2Se. The Balaban J connectivity index is 1.43. The fraction of sp³-hybridized carbons (Fsp3) is 0. The van der Waals surface area contributed by atoms with E-state index in [2.05, 4.69) is 143 Å². The van der Waals surface area contributed by atoms with Crippen LogP contribution in [0.4, 0.5) is 0 Å². The van der Waals surface area contributed by atoms with Crippen molar-refractivity contribution in [3.05, 3.63) is 133 Å².